The number of hydrogen-bond acceptors (Lipinski definition) is 6. The highest BCUT2D eigenvalue weighted by Crippen LogP contribution is 2.35. The summed E-state index contributed by atoms with van der Waals surface area (Å²) in [7, 11) is 1.62. The molecule has 2 aromatic rings. The van der Waals surface area contributed by atoms with Crippen molar-refractivity contribution >= 4 is 23.1 Å². The lowest BCUT2D eigenvalue weighted by Gasteiger charge is -2.38. The van der Waals surface area contributed by atoms with E-state index in [4.69, 9.17) is 9.47 Å². The van der Waals surface area contributed by atoms with Crippen molar-refractivity contribution in [3.05, 3.63) is 46.7 Å². The Balaban J connectivity index is 1.32. The summed E-state index contributed by atoms with van der Waals surface area (Å²) in [5.74, 6) is 0.759. The molecule has 1 N–H and O–H groups in total. The first-order valence-corrected chi connectivity index (χ1v) is 10.1. The number of carbonyl (C=O) groups is 1. The highest BCUT2D eigenvalue weighted by atomic mass is 32.1. The first kappa shape index (κ1) is 18.3. The van der Waals surface area contributed by atoms with Gasteiger partial charge in [-0.3, -0.25) is 9.80 Å². The van der Waals surface area contributed by atoms with Crippen LogP contribution in [0.3, 0.4) is 0 Å². The second-order valence-corrected chi connectivity index (χ2v) is 8.07. The van der Waals surface area contributed by atoms with E-state index in [-0.39, 0.29) is 12.2 Å². The molecule has 7 heteroatoms. The summed E-state index contributed by atoms with van der Waals surface area (Å²) >= 11 is 1.61. The number of methoxy groups -OCH3 is 1. The zero-order valence-electron chi connectivity index (χ0n) is 15.3. The number of likely N-dealkylation sites (tertiary alicyclic amines) is 1. The SMILES string of the molecule is COc1ccc(N2C[C@H](CN3CCC(O)(c4cccs4)CC3)OC2=O)cc1. The number of nitrogens with zero attached hydrogens (tertiary/aromatic N) is 2. The van der Waals surface area contributed by atoms with Crippen LogP contribution in [0.25, 0.3) is 0 Å². The van der Waals surface area contributed by atoms with Gasteiger partial charge in [0.25, 0.3) is 0 Å². The minimum Gasteiger partial charge on any atom is -0.497 e. The normalized spacial score (nSPS) is 22.7. The van der Waals surface area contributed by atoms with Gasteiger partial charge in [-0.15, -0.1) is 11.3 Å². The molecule has 6 nitrogen and oxygen atoms in total. The Kier molecular flexibility index (Phi) is 5.08. The number of hydrogen-bond donors (Lipinski definition) is 1. The second kappa shape index (κ2) is 7.50. The van der Waals surface area contributed by atoms with Gasteiger partial charge in [0, 0.05) is 30.2 Å². The summed E-state index contributed by atoms with van der Waals surface area (Å²) in [5, 5.41) is 12.9. The highest BCUT2D eigenvalue weighted by molar-refractivity contribution is 7.10. The molecule has 1 aromatic carbocycles. The first-order valence-electron chi connectivity index (χ1n) is 9.18. The van der Waals surface area contributed by atoms with E-state index in [9.17, 15) is 9.90 Å². The maximum absolute atomic E-state index is 12.3. The van der Waals surface area contributed by atoms with Crippen molar-refractivity contribution in [2.75, 3.05) is 38.2 Å². The minimum absolute atomic E-state index is 0.160. The number of ether oxygens (including phenoxy) is 2. The van der Waals surface area contributed by atoms with E-state index < -0.39 is 5.60 Å². The molecule has 4 rings (SSSR count). The molecule has 144 valence electrons. The lowest BCUT2D eigenvalue weighted by Crippen LogP contribution is -2.45. The predicted molar refractivity (Wildman–Crippen MR) is 104 cm³/mol. The average Bonchev–Trinajstić information content (AvgIpc) is 3.34. The van der Waals surface area contributed by atoms with Gasteiger partial charge in [0.15, 0.2) is 0 Å². The van der Waals surface area contributed by atoms with E-state index in [1.54, 1.807) is 23.3 Å². The number of anilines is 1. The topological polar surface area (TPSA) is 62.2 Å². The Hall–Kier alpha value is -2.09. The van der Waals surface area contributed by atoms with Gasteiger partial charge in [-0.25, -0.2) is 4.79 Å². The second-order valence-electron chi connectivity index (χ2n) is 7.12. The third-order valence-electron chi connectivity index (χ3n) is 5.38. The molecular formula is C20H24N2O4S. The molecular weight excluding hydrogens is 364 g/mol. The summed E-state index contributed by atoms with van der Waals surface area (Å²) < 4.78 is 10.7. The van der Waals surface area contributed by atoms with Gasteiger partial charge >= 0.3 is 6.09 Å². The summed E-state index contributed by atoms with van der Waals surface area (Å²) in [6.45, 7) is 2.83. The van der Waals surface area contributed by atoms with Crippen LogP contribution in [0.15, 0.2) is 41.8 Å². The van der Waals surface area contributed by atoms with Crippen molar-refractivity contribution in [2.24, 2.45) is 0 Å². The van der Waals surface area contributed by atoms with Crippen LogP contribution in [0, 0.1) is 0 Å². The number of aliphatic hydroxyl groups is 1. The fourth-order valence-corrected chi connectivity index (χ4v) is 4.66. The van der Waals surface area contributed by atoms with E-state index in [1.165, 1.54) is 0 Å². The Morgan fingerprint density at radius 2 is 2.00 bits per heavy atom. The molecule has 0 aliphatic carbocycles. The molecule has 0 unspecified atom stereocenters. The Morgan fingerprint density at radius 1 is 1.26 bits per heavy atom. The van der Waals surface area contributed by atoms with Gasteiger partial charge < -0.3 is 14.6 Å². The molecule has 0 saturated carbocycles. The molecule has 1 atom stereocenters. The van der Waals surface area contributed by atoms with Crippen LogP contribution in [0.1, 0.15) is 17.7 Å². The number of benzene rings is 1. The largest absolute Gasteiger partial charge is 0.497 e. The number of carbonyl (C=O) groups excluding carboxylic acids is 1. The number of cyclic esters (lactones) is 1. The zero-order valence-corrected chi connectivity index (χ0v) is 16.2. The third kappa shape index (κ3) is 3.81. The summed E-state index contributed by atoms with van der Waals surface area (Å²) in [5.41, 5.74) is 0.0978. The van der Waals surface area contributed by atoms with Gasteiger partial charge in [-0.1, -0.05) is 6.07 Å². The summed E-state index contributed by atoms with van der Waals surface area (Å²) in [4.78, 5) is 17.2. The molecule has 2 aliphatic rings. The number of rotatable bonds is 5. The third-order valence-corrected chi connectivity index (χ3v) is 6.45. The van der Waals surface area contributed by atoms with Crippen LogP contribution in [0.5, 0.6) is 5.75 Å². The van der Waals surface area contributed by atoms with Crippen molar-refractivity contribution in [3.8, 4) is 5.75 Å². The molecule has 2 saturated heterocycles. The van der Waals surface area contributed by atoms with Gasteiger partial charge in [0.1, 0.15) is 17.5 Å². The Morgan fingerprint density at radius 3 is 2.63 bits per heavy atom. The van der Waals surface area contributed by atoms with Gasteiger partial charge in [0.05, 0.1) is 13.7 Å². The number of amides is 1. The van der Waals surface area contributed by atoms with Crippen LogP contribution in [-0.4, -0.2) is 55.5 Å². The molecule has 0 spiro atoms. The van der Waals surface area contributed by atoms with Gasteiger partial charge in [-0.05, 0) is 48.6 Å². The Labute approximate surface area is 162 Å². The molecule has 0 bridgehead atoms. The number of piperidine rings is 1. The monoisotopic (exact) mass is 388 g/mol. The quantitative estimate of drug-likeness (QED) is 0.853. The van der Waals surface area contributed by atoms with E-state index in [1.807, 2.05) is 41.8 Å². The molecule has 1 aromatic heterocycles. The van der Waals surface area contributed by atoms with Crippen LogP contribution >= 0.6 is 11.3 Å². The fraction of sp³-hybridized carbons (Fsp3) is 0.450. The summed E-state index contributed by atoms with van der Waals surface area (Å²) in [6, 6.07) is 11.4. The lowest BCUT2D eigenvalue weighted by atomic mass is 9.90. The van der Waals surface area contributed by atoms with Crippen molar-refractivity contribution in [1.82, 2.24) is 4.90 Å². The lowest BCUT2D eigenvalue weighted by molar-refractivity contribution is -0.0298. The molecule has 2 fully saturated rings. The molecule has 27 heavy (non-hydrogen) atoms. The highest BCUT2D eigenvalue weighted by Gasteiger charge is 2.38. The van der Waals surface area contributed by atoms with Gasteiger partial charge in [0.2, 0.25) is 0 Å². The van der Waals surface area contributed by atoms with Crippen molar-refractivity contribution in [2.45, 2.75) is 24.5 Å². The summed E-state index contributed by atoms with van der Waals surface area (Å²) in [6.07, 6.45) is 0.942. The maximum Gasteiger partial charge on any atom is 0.414 e. The van der Waals surface area contributed by atoms with Crippen molar-refractivity contribution in [3.63, 3.8) is 0 Å². The smallest absolute Gasteiger partial charge is 0.414 e. The standard InChI is InChI=1S/C20H24N2O4S/c1-25-16-6-4-15(5-7-16)22-14-17(26-19(22)23)13-21-10-8-20(24,9-11-21)18-3-2-12-27-18/h2-7,12,17,24H,8-11,13-14H2,1H3/t17-/m0/s1. The Bertz CT molecular complexity index is 770. The minimum atomic E-state index is -0.716. The average molecular weight is 388 g/mol. The van der Waals surface area contributed by atoms with E-state index in [2.05, 4.69) is 4.90 Å². The van der Waals surface area contributed by atoms with Crippen LogP contribution in [0.2, 0.25) is 0 Å². The molecule has 0 radical (unpaired) electrons. The van der Waals surface area contributed by atoms with E-state index >= 15 is 0 Å². The maximum atomic E-state index is 12.3. The molecule has 1 amide bonds. The van der Waals surface area contributed by atoms with Gasteiger partial charge in [-0.2, -0.15) is 0 Å². The van der Waals surface area contributed by atoms with E-state index in [0.29, 0.717) is 25.9 Å². The molecule has 3 heterocycles. The fourth-order valence-electron chi connectivity index (χ4n) is 3.77. The zero-order chi connectivity index (χ0) is 18.9. The van der Waals surface area contributed by atoms with Crippen LogP contribution in [0.4, 0.5) is 10.5 Å². The van der Waals surface area contributed by atoms with E-state index in [0.717, 1.165) is 29.4 Å². The van der Waals surface area contributed by atoms with Crippen LogP contribution < -0.4 is 9.64 Å². The molecule has 2 aliphatic heterocycles. The van der Waals surface area contributed by atoms with Crippen molar-refractivity contribution < 1.29 is 19.4 Å². The van der Waals surface area contributed by atoms with Crippen molar-refractivity contribution in [1.29, 1.82) is 0 Å². The number of thiophene rings is 1. The predicted octanol–water partition coefficient (Wildman–Crippen LogP) is 3.07. The first-order chi connectivity index (χ1) is 13.1. The van der Waals surface area contributed by atoms with Crippen LogP contribution in [-0.2, 0) is 10.3 Å².